The highest BCUT2D eigenvalue weighted by molar-refractivity contribution is 7.91. The number of nitrogens with two attached hydrogens (primary N) is 1. The monoisotopic (exact) mass is 291 g/mol. The van der Waals surface area contributed by atoms with Crippen LogP contribution in [0, 0.1) is 5.92 Å². The number of rotatable bonds is 6. The fraction of sp³-hybridized carbons (Fsp3) is 0.727. The van der Waals surface area contributed by atoms with Gasteiger partial charge in [0.2, 0.25) is 0 Å². The van der Waals surface area contributed by atoms with Crippen LogP contribution in [0.1, 0.15) is 27.2 Å². The highest BCUT2D eigenvalue weighted by Gasteiger charge is 2.25. The second-order valence-electron chi connectivity index (χ2n) is 4.53. The van der Waals surface area contributed by atoms with Crippen LogP contribution in [0.25, 0.3) is 0 Å². The van der Waals surface area contributed by atoms with Gasteiger partial charge in [0, 0.05) is 19.3 Å². The quantitative estimate of drug-likeness (QED) is 0.867. The molecule has 18 heavy (non-hydrogen) atoms. The van der Waals surface area contributed by atoms with E-state index in [4.69, 9.17) is 5.73 Å². The predicted octanol–water partition coefficient (Wildman–Crippen LogP) is 2.00. The first kappa shape index (κ1) is 15.2. The molecule has 7 heteroatoms. The highest BCUT2D eigenvalue weighted by Crippen LogP contribution is 2.34. The van der Waals surface area contributed by atoms with E-state index in [0.717, 1.165) is 31.0 Å². The van der Waals surface area contributed by atoms with Crippen molar-refractivity contribution >= 4 is 32.2 Å². The summed E-state index contributed by atoms with van der Waals surface area (Å²) in [5, 5.41) is 0.665. The summed E-state index contributed by atoms with van der Waals surface area (Å²) in [6.45, 7) is 7.83. The lowest BCUT2D eigenvalue weighted by Crippen LogP contribution is -2.28. The Morgan fingerprint density at radius 3 is 2.50 bits per heavy atom. The molecule has 0 radical (unpaired) electrons. The van der Waals surface area contributed by atoms with Crippen molar-refractivity contribution in [3.63, 3.8) is 0 Å². The van der Waals surface area contributed by atoms with Crippen molar-refractivity contribution in [2.75, 3.05) is 30.0 Å². The van der Waals surface area contributed by atoms with Crippen LogP contribution in [0.5, 0.6) is 0 Å². The number of nitrogens with zero attached hydrogens (tertiary/aromatic N) is 2. The van der Waals surface area contributed by atoms with Gasteiger partial charge >= 0.3 is 0 Å². The van der Waals surface area contributed by atoms with E-state index >= 15 is 0 Å². The summed E-state index contributed by atoms with van der Waals surface area (Å²) < 4.78 is 27.5. The standard InChI is InChI=1S/C11H21N3O2S2/c1-5-8(3)7-14(6-2)11-9(18(4,15)16)10(12)13-17-11/h8H,5-7H2,1-4H3,(H2,12,13). The molecule has 0 aliphatic rings. The third kappa shape index (κ3) is 3.35. The third-order valence-corrected chi connectivity index (χ3v) is 5.12. The van der Waals surface area contributed by atoms with Crippen LogP contribution in [0.2, 0.25) is 0 Å². The van der Waals surface area contributed by atoms with Gasteiger partial charge in [-0.15, -0.1) is 0 Å². The second kappa shape index (κ2) is 5.88. The molecule has 0 saturated heterocycles. The Hall–Kier alpha value is -0.820. The minimum Gasteiger partial charge on any atom is -0.382 e. The molecule has 0 aromatic carbocycles. The van der Waals surface area contributed by atoms with Gasteiger partial charge in [-0.1, -0.05) is 20.3 Å². The third-order valence-electron chi connectivity index (χ3n) is 2.93. The molecule has 0 fully saturated rings. The predicted molar refractivity (Wildman–Crippen MR) is 77.0 cm³/mol. The number of hydrogen-bond donors (Lipinski definition) is 1. The fourth-order valence-corrected chi connectivity index (χ4v) is 3.97. The molecule has 0 saturated carbocycles. The first-order valence-corrected chi connectivity index (χ1v) is 8.67. The first-order valence-electron chi connectivity index (χ1n) is 6.01. The Balaban J connectivity index is 3.15. The summed E-state index contributed by atoms with van der Waals surface area (Å²) in [6, 6.07) is 0. The molecule has 1 atom stereocenters. The SMILES string of the molecule is CCC(C)CN(CC)c1snc(N)c1S(C)(=O)=O. The lowest BCUT2D eigenvalue weighted by molar-refractivity contribution is 0.547. The largest absolute Gasteiger partial charge is 0.382 e. The average Bonchev–Trinajstić information content (AvgIpc) is 2.67. The molecule has 0 amide bonds. The van der Waals surface area contributed by atoms with Crippen LogP contribution < -0.4 is 10.6 Å². The molecular weight excluding hydrogens is 270 g/mol. The summed E-state index contributed by atoms with van der Waals surface area (Å²) in [7, 11) is -3.34. The zero-order chi connectivity index (χ0) is 13.9. The van der Waals surface area contributed by atoms with Gasteiger partial charge in [-0.05, 0) is 24.4 Å². The van der Waals surface area contributed by atoms with Crippen LogP contribution in [-0.2, 0) is 9.84 Å². The van der Waals surface area contributed by atoms with Gasteiger partial charge in [-0.3, -0.25) is 0 Å². The number of aromatic nitrogens is 1. The zero-order valence-corrected chi connectivity index (χ0v) is 12.9. The van der Waals surface area contributed by atoms with E-state index in [1.807, 2.05) is 11.8 Å². The van der Waals surface area contributed by atoms with E-state index in [1.54, 1.807) is 0 Å². The van der Waals surface area contributed by atoms with Gasteiger partial charge < -0.3 is 10.6 Å². The molecule has 104 valence electrons. The summed E-state index contributed by atoms with van der Waals surface area (Å²) >= 11 is 1.16. The van der Waals surface area contributed by atoms with Crippen LogP contribution in [0.15, 0.2) is 4.90 Å². The Kier molecular flexibility index (Phi) is 4.98. The van der Waals surface area contributed by atoms with Crippen molar-refractivity contribution in [1.29, 1.82) is 0 Å². The normalized spacial score (nSPS) is 13.6. The molecule has 1 aromatic rings. The summed E-state index contributed by atoms with van der Waals surface area (Å²) in [6.07, 6.45) is 2.23. The van der Waals surface area contributed by atoms with Gasteiger partial charge in [-0.2, -0.15) is 4.37 Å². The summed E-state index contributed by atoms with van der Waals surface area (Å²) in [5.41, 5.74) is 5.68. The first-order chi connectivity index (χ1) is 8.31. The molecule has 2 N–H and O–H groups in total. The van der Waals surface area contributed by atoms with E-state index in [0.29, 0.717) is 10.9 Å². The number of anilines is 2. The van der Waals surface area contributed by atoms with Gasteiger partial charge in [0.1, 0.15) is 9.90 Å². The van der Waals surface area contributed by atoms with Crippen molar-refractivity contribution < 1.29 is 8.42 Å². The summed E-state index contributed by atoms with van der Waals surface area (Å²) in [4.78, 5) is 2.22. The molecule has 0 spiro atoms. The molecule has 1 aromatic heterocycles. The lowest BCUT2D eigenvalue weighted by atomic mass is 10.1. The molecule has 1 heterocycles. The number of sulfone groups is 1. The van der Waals surface area contributed by atoms with Gasteiger partial charge in [0.15, 0.2) is 15.7 Å². The van der Waals surface area contributed by atoms with Crippen LogP contribution >= 0.6 is 11.5 Å². The van der Waals surface area contributed by atoms with E-state index in [1.165, 1.54) is 6.26 Å². The maximum atomic E-state index is 11.8. The van der Waals surface area contributed by atoms with Crippen molar-refractivity contribution in [2.24, 2.45) is 5.92 Å². The Labute approximate surface area is 113 Å². The molecule has 1 unspecified atom stereocenters. The van der Waals surface area contributed by atoms with Crippen LogP contribution in [-0.4, -0.2) is 32.1 Å². The van der Waals surface area contributed by atoms with E-state index in [2.05, 4.69) is 18.2 Å². The van der Waals surface area contributed by atoms with Crippen molar-refractivity contribution in [1.82, 2.24) is 4.37 Å². The fourth-order valence-electron chi connectivity index (χ4n) is 1.70. The number of nitrogen functional groups attached to an aromatic ring is 1. The van der Waals surface area contributed by atoms with Gasteiger partial charge in [0.25, 0.3) is 0 Å². The average molecular weight is 291 g/mol. The minimum atomic E-state index is -3.34. The molecule has 0 aliphatic heterocycles. The second-order valence-corrected chi connectivity index (χ2v) is 7.23. The maximum Gasteiger partial charge on any atom is 0.182 e. The Bertz CT molecular complexity index is 496. The molecule has 1 rings (SSSR count). The van der Waals surface area contributed by atoms with Crippen LogP contribution in [0.3, 0.4) is 0 Å². The molecule has 5 nitrogen and oxygen atoms in total. The summed E-state index contributed by atoms with van der Waals surface area (Å²) in [5.74, 6) is 0.612. The zero-order valence-electron chi connectivity index (χ0n) is 11.3. The number of hydrogen-bond acceptors (Lipinski definition) is 6. The minimum absolute atomic E-state index is 0.111. The van der Waals surface area contributed by atoms with Crippen molar-refractivity contribution in [2.45, 2.75) is 32.1 Å². The van der Waals surface area contributed by atoms with Crippen LogP contribution in [0.4, 0.5) is 10.8 Å². The van der Waals surface area contributed by atoms with E-state index < -0.39 is 9.84 Å². The Morgan fingerprint density at radius 1 is 1.44 bits per heavy atom. The van der Waals surface area contributed by atoms with Crippen molar-refractivity contribution in [3.05, 3.63) is 0 Å². The molecular formula is C11H21N3O2S2. The van der Waals surface area contributed by atoms with E-state index in [-0.39, 0.29) is 10.7 Å². The molecule has 0 bridgehead atoms. The molecule has 0 aliphatic carbocycles. The lowest BCUT2D eigenvalue weighted by Gasteiger charge is -2.25. The maximum absolute atomic E-state index is 11.8. The Morgan fingerprint density at radius 2 is 2.06 bits per heavy atom. The van der Waals surface area contributed by atoms with Crippen molar-refractivity contribution in [3.8, 4) is 0 Å². The topological polar surface area (TPSA) is 76.3 Å². The smallest absolute Gasteiger partial charge is 0.182 e. The van der Waals surface area contributed by atoms with Gasteiger partial charge in [0.05, 0.1) is 0 Å². The van der Waals surface area contributed by atoms with Gasteiger partial charge in [-0.25, -0.2) is 8.42 Å². The highest BCUT2D eigenvalue weighted by atomic mass is 32.2. The van der Waals surface area contributed by atoms with E-state index in [9.17, 15) is 8.42 Å².